The van der Waals surface area contributed by atoms with Crippen molar-refractivity contribution in [2.45, 2.75) is 32.2 Å². The molecule has 1 heterocycles. The Morgan fingerprint density at radius 2 is 1.32 bits per heavy atom. The third-order valence-corrected chi connectivity index (χ3v) is 5.18. The van der Waals surface area contributed by atoms with E-state index in [9.17, 15) is 4.79 Å². The van der Waals surface area contributed by atoms with Crippen LogP contribution in [0, 0.1) is 0 Å². The Balaban J connectivity index is 1.72. The summed E-state index contributed by atoms with van der Waals surface area (Å²) >= 11 is 0. The van der Waals surface area contributed by atoms with Gasteiger partial charge in [0.05, 0.1) is 0 Å². The zero-order chi connectivity index (χ0) is 17.6. The molecule has 0 aromatic heterocycles. The lowest BCUT2D eigenvalue weighted by atomic mass is 9.88. The van der Waals surface area contributed by atoms with Gasteiger partial charge in [-0.15, -0.1) is 0 Å². The van der Waals surface area contributed by atoms with Gasteiger partial charge in [-0.25, -0.2) is 0 Å². The van der Waals surface area contributed by atoms with Gasteiger partial charge in [-0.2, -0.15) is 0 Å². The normalized spacial score (nSPS) is 15.8. The van der Waals surface area contributed by atoms with Crippen LogP contribution in [0.5, 0.6) is 0 Å². The van der Waals surface area contributed by atoms with Gasteiger partial charge in [0.25, 0.3) is 0 Å². The van der Waals surface area contributed by atoms with E-state index in [0.29, 0.717) is 12.5 Å². The molecule has 3 heteroatoms. The average Bonchev–Trinajstić information content (AvgIpc) is 2.67. The van der Waals surface area contributed by atoms with Crippen LogP contribution in [0.1, 0.15) is 37.3 Å². The molecule has 0 bridgehead atoms. The molecule has 0 atom stereocenters. The monoisotopic (exact) mass is 336 g/mol. The van der Waals surface area contributed by atoms with Crippen LogP contribution in [0.3, 0.4) is 0 Å². The van der Waals surface area contributed by atoms with Crippen molar-refractivity contribution < 1.29 is 4.79 Å². The predicted octanol–water partition coefficient (Wildman–Crippen LogP) is 3.76. The highest BCUT2D eigenvalue weighted by Crippen LogP contribution is 2.28. The SMILES string of the molecule is CC(C)N1CCN(C(=O)CC(c2ccccc2)c2ccccc2)CC1. The van der Waals surface area contributed by atoms with Gasteiger partial charge in [0.2, 0.25) is 5.91 Å². The maximum absolute atomic E-state index is 12.9. The maximum Gasteiger partial charge on any atom is 0.223 e. The number of carbonyl (C=O) groups is 1. The summed E-state index contributed by atoms with van der Waals surface area (Å²) in [6, 6.07) is 21.3. The molecule has 1 fully saturated rings. The molecule has 132 valence electrons. The summed E-state index contributed by atoms with van der Waals surface area (Å²) in [5, 5.41) is 0. The van der Waals surface area contributed by atoms with Gasteiger partial charge in [0, 0.05) is 44.6 Å². The predicted molar refractivity (Wildman–Crippen MR) is 103 cm³/mol. The number of hydrogen-bond donors (Lipinski definition) is 0. The van der Waals surface area contributed by atoms with E-state index in [1.807, 2.05) is 17.0 Å². The minimum absolute atomic E-state index is 0.123. The molecule has 0 aliphatic carbocycles. The molecule has 0 unspecified atom stereocenters. The van der Waals surface area contributed by atoms with Gasteiger partial charge in [-0.3, -0.25) is 9.69 Å². The fourth-order valence-corrected chi connectivity index (χ4v) is 3.59. The summed E-state index contributed by atoms with van der Waals surface area (Å²) in [5.41, 5.74) is 2.42. The molecule has 0 spiro atoms. The number of amides is 1. The first-order chi connectivity index (χ1) is 12.1. The van der Waals surface area contributed by atoms with Gasteiger partial charge < -0.3 is 4.90 Å². The molecular formula is C22H28N2O. The molecule has 1 amide bonds. The van der Waals surface area contributed by atoms with Crippen LogP contribution < -0.4 is 0 Å². The summed E-state index contributed by atoms with van der Waals surface area (Å²) in [4.78, 5) is 17.4. The molecule has 1 saturated heterocycles. The molecule has 1 aliphatic rings. The highest BCUT2D eigenvalue weighted by Gasteiger charge is 2.25. The number of benzene rings is 2. The first kappa shape index (κ1) is 17.7. The zero-order valence-corrected chi connectivity index (χ0v) is 15.3. The minimum Gasteiger partial charge on any atom is -0.340 e. The standard InChI is InChI=1S/C22H28N2O/c1-18(2)23-13-15-24(16-14-23)22(25)17-21(19-9-5-3-6-10-19)20-11-7-4-8-12-20/h3-12,18,21H,13-17H2,1-2H3. The zero-order valence-electron chi connectivity index (χ0n) is 15.3. The minimum atomic E-state index is 0.123. The topological polar surface area (TPSA) is 23.6 Å². The lowest BCUT2D eigenvalue weighted by Crippen LogP contribution is -2.50. The first-order valence-corrected chi connectivity index (χ1v) is 9.27. The first-order valence-electron chi connectivity index (χ1n) is 9.27. The van der Waals surface area contributed by atoms with Crippen LogP contribution >= 0.6 is 0 Å². The van der Waals surface area contributed by atoms with Crippen LogP contribution in [0.15, 0.2) is 60.7 Å². The molecule has 2 aromatic carbocycles. The van der Waals surface area contributed by atoms with E-state index in [4.69, 9.17) is 0 Å². The molecule has 3 rings (SSSR count). The van der Waals surface area contributed by atoms with Crippen LogP contribution in [0.4, 0.5) is 0 Å². The van der Waals surface area contributed by atoms with Crippen molar-refractivity contribution in [3.8, 4) is 0 Å². The quantitative estimate of drug-likeness (QED) is 0.830. The Morgan fingerprint density at radius 3 is 1.76 bits per heavy atom. The second-order valence-corrected chi connectivity index (χ2v) is 7.09. The highest BCUT2D eigenvalue weighted by atomic mass is 16.2. The van der Waals surface area contributed by atoms with Crippen LogP contribution in [0.2, 0.25) is 0 Å². The molecule has 25 heavy (non-hydrogen) atoms. The maximum atomic E-state index is 12.9. The van der Waals surface area contributed by atoms with E-state index in [2.05, 4.69) is 67.3 Å². The number of hydrogen-bond acceptors (Lipinski definition) is 2. The van der Waals surface area contributed by atoms with Crippen LogP contribution in [0.25, 0.3) is 0 Å². The summed E-state index contributed by atoms with van der Waals surface area (Å²) in [6.07, 6.45) is 0.537. The molecule has 0 N–H and O–H groups in total. The van der Waals surface area contributed by atoms with Crippen molar-refractivity contribution in [3.05, 3.63) is 71.8 Å². The Labute approximate surface area is 151 Å². The van der Waals surface area contributed by atoms with Crippen LogP contribution in [-0.4, -0.2) is 47.9 Å². The number of nitrogens with zero attached hydrogens (tertiary/aromatic N) is 2. The lowest BCUT2D eigenvalue weighted by molar-refractivity contribution is -0.133. The van der Waals surface area contributed by atoms with Crippen molar-refractivity contribution in [2.24, 2.45) is 0 Å². The van der Waals surface area contributed by atoms with Crippen molar-refractivity contribution in [2.75, 3.05) is 26.2 Å². The Kier molecular flexibility index (Phi) is 5.87. The van der Waals surface area contributed by atoms with Gasteiger partial charge in [-0.1, -0.05) is 60.7 Å². The molecule has 3 nitrogen and oxygen atoms in total. The van der Waals surface area contributed by atoms with E-state index in [1.165, 1.54) is 11.1 Å². The van der Waals surface area contributed by atoms with Gasteiger partial charge >= 0.3 is 0 Å². The van der Waals surface area contributed by atoms with Gasteiger partial charge in [0.1, 0.15) is 0 Å². The Bertz CT molecular complexity index is 621. The second kappa shape index (κ2) is 8.30. The van der Waals surface area contributed by atoms with Gasteiger partial charge in [0.15, 0.2) is 0 Å². The molecule has 1 aliphatic heterocycles. The third kappa shape index (κ3) is 4.49. The van der Waals surface area contributed by atoms with E-state index in [-0.39, 0.29) is 11.8 Å². The van der Waals surface area contributed by atoms with Crippen molar-refractivity contribution >= 4 is 5.91 Å². The number of piperazine rings is 1. The molecule has 0 saturated carbocycles. The summed E-state index contributed by atoms with van der Waals surface area (Å²) in [5.74, 6) is 0.388. The average molecular weight is 336 g/mol. The van der Waals surface area contributed by atoms with E-state index >= 15 is 0 Å². The third-order valence-electron chi connectivity index (χ3n) is 5.18. The summed E-state index contributed by atoms with van der Waals surface area (Å²) in [6.45, 7) is 8.08. The fraction of sp³-hybridized carbons (Fsp3) is 0.409. The number of carbonyl (C=O) groups excluding carboxylic acids is 1. The Morgan fingerprint density at radius 1 is 0.840 bits per heavy atom. The number of rotatable bonds is 5. The largest absolute Gasteiger partial charge is 0.340 e. The molecule has 0 radical (unpaired) electrons. The highest BCUT2D eigenvalue weighted by molar-refractivity contribution is 5.78. The summed E-state index contributed by atoms with van der Waals surface area (Å²) in [7, 11) is 0. The van der Waals surface area contributed by atoms with Crippen molar-refractivity contribution in [1.29, 1.82) is 0 Å². The van der Waals surface area contributed by atoms with E-state index in [0.717, 1.165) is 26.2 Å². The van der Waals surface area contributed by atoms with Gasteiger partial charge in [-0.05, 0) is 25.0 Å². The smallest absolute Gasteiger partial charge is 0.223 e. The summed E-state index contributed by atoms with van der Waals surface area (Å²) < 4.78 is 0. The fourth-order valence-electron chi connectivity index (χ4n) is 3.59. The Hall–Kier alpha value is -2.13. The van der Waals surface area contributed by atoms with Crippen LogP contribution in [-0.2, 0) is 4.79 Å². The van der Waals surface area contributed by atoms with Crippen molar-refractivity contribution in [3.63, 3.8) is 0 Å². The lowest BCUT2D eigenvalue weighted by Gasteiger charge is -2.37. The van der Waals surface area contributed by atoms with E-state index in [1.54, 1.807) is 0 Å². The van der Waals surface area contributed by atoms with Crippen molar-refractivity contribution in [1.82, 2.24) is 9.80 Å². The second-order valence-electron chi connectivity index (χ2n) is 7.09. The van der Waals surface area contributed by atoms with E-state index < -0.39 is 0 Å². The molecular weight excluding hydrogens is 308 g/mol. The molecule has 2 aromatic rings.